The summed E-state index contributed by atoms with van der Waals surface area (Å²) in [5, 5.41) is 10.7. The summed E-state index contributed by atoms with van der Waals surface area (Å²) in [6.07, 6.45) is 0.325. The molecule has 1 atom stereocenters. The van der Waals surface area contributed by atoms with Crippen LogP contribution in [0, 0.1) is 0 Å². The second kappa shape index (κ2) is 3.64. The molecule has 0 unspecified atom stereocenters. The fraction of sp³-hybridized carbons (Fsp3) is 0.222. The fourth-order valence-electron chi connectivity index (χ4n) is 1.60. The molecule has 80 valence electrons. The van der Waals surface area contributed by atoms with Crippen LogP contribution >= 0.6 is 23.2 Å². The molecule has 0 saturated heterocycles. The minimum Gasteiger partial charge on any atom is -0.320 e. The average Bonchev–Trinajstić information content (AvgIpc) is 2.13. The summed E-state index contributed by atoms with van der Waals surface area (Å²) in [4.78, 5) is 11.4. The molecule has 0 fully saturated rings. The van der Waals surface area contributed by atoms with Crippen molar-refractivity contribution in [1.82, 2.24) is 0 Å². The van der Waals surface area contributed by atoms with Crippen molar-refractivity contribution < 1.29 is 10.0 Å². The Hall–Kier alpha value is -0.810. The van der Waals surface area contributed by atoms with Gasteiger partial charge in [0.25, 0.3) is 5.91 Å². The number of rotatable bonds is 0. The highest BCUT2D eigenvalue weighted by atomic mass is 35.5. The number of anilines is 1. The van der Waals surface area contributed by atoms with E-state index >= 15 is 0 Å². The van der Waals surface area contributed by atoms with Crippen LogP contribution in [0.1, 0.15) is 5.56 Å². The van der Waals surface area contributed by atoms with Gasteiger partial charge in [0.1, 0.15) is 0 Å². The van der Waals surface area contributed by atoms with E-state index < -0.39 is 11.9 Å². The lowest BCUT2D eigenvalue weighted by Crippen LogP contribution is -2.47. The van der Waals surface area contributed by atoms with Crippen molar-refractivity contribution >= 4 is 34.8 Å². The molecular weight excluding hydrogens is 239 g/mol. The lowest BCUT2D eigenvalue weighted by atomic mass is 9.99. The maximum Gasteiger partial charge on any atom is 0.267 e. The van der Waals surface area contributed by atoms with Crippen molar-refractivity contribution in [2.75, 3.05) is 5.06 Å². The molecule has 3 N–H and O–H groups in total. The Morgan fingerprint density at radius 1 is 1.47 bits per heavy atom. The number of amides is 1. The Balaban J connectivity index is 2.60. The molecule has 1 amide bonds. The number of benzene rings is 1. The molecule has 0 bridgehead atoms. The SMILES string of the molecule is N[C@H]1Cc2cc(Cl)cc(Cl)c2N(O)C1=O. The molecule has 0 saturated carbocycles. The van der Waals surface area contributed by atoms with Gasteiger partial charge in [0.2, 0.25) is 0 Å². The van der Waals surface area contributed by atoms with Crippen LogP contribution < -0.4 is 10.8 Å². The number of hydroxylamine groups is 1. The van der Waals surface area contributed by atoms with E-state index in [-0.39, 0.29) is 10.7 Å². The van der Waals surface area contributed by atoms with Crippen LogP contribution in [0.2, 0.25) is 10.0 Å². The maximum absolute atomic E-state index is 11.4. The first-order valence-electron chi connectivity index (χ1n) is 4.27. The highest BCUT2D eigenvalue weighted by Crippen LogP contribution is 2.35. The van der Waals surface area contributed by atoms with Crippen molar-refractivity contribution in [2.45, 2.75) is 12.5 Å². The van der Waals surface area contributed by atoms with Gasteiger partial charge in [0, 0.05) is 5.02 Å². The van der Waals surface area contributed by atoms with Gasteiger partial charge in [-0.15, -0.1) is 0 Å². The Morgan fingerprint density at radius 2 is 2.13 bits per heavy atom. The molecule has 15 heavy (non-hydrogen) atoms. The lowest BCUT2D eigenvalue weighted by Gasteiger charge is -2.28. The smallest absolute Gasteiger partial charge is 0.267 e. The van der Waals surface area contributed by atoms with Crippen molar-refractivity contribution in [3.05, 3.63) is 27.7 Å². The number of hydrogen-bond donors (Lipinski definition) is 2. The van der Waals surface area contributed by atoms with E-state index in [1.54, 1.807) is 6.07 Å². The first-order chi connectivity index (χ1) is 7.00. The molecule has 1 aliphatic rings. The van der Waals surface area contributed by atoms with E-state index in [4.69, 9.17) is 28.9 Å². The number of hydrogen-bond acceptors (Lipinski definition) is 3. The van der Waals surface area contributed by atoms with E-state index in [0.29, 0.717) is 22.1 Å². The van der Waals surface area contributed by atoms with Crippen molar-refractivity contribution in [3.63, 3.8) is 0 Å². The highest BCUT2D eigenvalue weighted by molar-refractivity contribution is 6.37. The fourth-order valence-corrected chi connectivity index (χ4v) is 2.22. The first kappa shape index (κ1) is 10.7. The van der Waals surface area contributed by atoms with Crippen molar-refractivity contribution in [2.24, 2.45) is 5.73 Å². The quantitative estimate of drug-likeness (QED) is 0.684. The number of nitrogens with zero attached hydrogens (tertiary/aromatic N) is 1. The third-order valence-electron chi connectivity index (χ3n) is 2.28. The molecule has 2 rings (SSSR count). The monoisotopic (exact) mass is 246 g/mol. The van der Waals surface area contributed by atoms with Crippen LogP contribution in [-0.4, -0.2) is 17.2 Å². The molecule has 0 spiro atoms. The normalized spacial score (nSPS) is 20.4. The molecule has 1 heterocycles. The molecule has 6 heteroatoms. The summed E-state index contributed by atoms with van der Waals surface area (Å²) >= 11 is 11.7. The van der Waals surface area contributed by atoms with Gasteiger partial charge in [-0.1, -0.05) is 23.2 Å². The van der Waals surface area contributed by atoms with Crippen LogP contribution in [0.15, 0.2) is 12.1 Å². The first-order valence-corrected chi connectivity index (χ1v) is 5.02. The van der Waals surface area contributed by atoms with Gasteiger partial charge >= 0.3 is 0 Å². The summed E-state index contributed by atoms with van der Waals surface area (Å²) < 4.78 is 0. The van der Waals surface area contributed by atoms with Crippen LogP contribution in [0.4, 0.5) is 5.69 Å². The minimum absolute atomic E-state index is 0.236. The number of fused-ring (bicyclic) bond motifs is 1. The summed E-state index contributed by atoms with van der Waals surface area (Å²) in [5.41, 5.74) is 6.49. The van der Waals surface area contributed by atoms with Gasteiger partial charge in [0.05, 0.1) is 16.8 Å². The van der Waals surface area contributed by atoms with Crippen LogP contribution in [0.25, 0.3) is 0 Å². The number of carbonyl (C=O) groups excluding carboxylic acids is 1. The second-order valence-electron chi connectivity index (χ2n) is 3.36. The maximum atomic E-state index is 11.4. The highest BCUT2D eigenvalue weighted by Gasteiger charge is 2.31. The van der Waals surface area contributed by atoms with E-state index in [2.05, 4.69) is 0 Å². The minimum atomic E-state index is -0.753. The predicted molar refractivity (Wildman–Crippen MR) is 57.4 cm³/mol. The van der Waals surface area contributed by atoms with Crippen LogP contribution in [0.3, 0.4) is 0 Å². The van der Waals surface area contributed by atoms with Gasteiger partial charge in [0.15, 0.2) is 0 Å². The zero-order valence-corrected chi connectivity index (χ0v) is 9.09. The molecule has 1 aromatic rings. The van der Waals surface area contributed by atoms with Gasteiger partial charge in [-0.25, -0.2) is 0 Å². The van der Waals surface area contributed by atoms with Gasteiger partial charge < -0.3 is 5.73 Å². The third-order valence-corrected chi connectivity index (χ3v) is 2.79. The van der Waals surface area contributed by atoms with E-state index in [1.165, 1.54) is 6.07 Å². The second-order valence-corrected chi connectivity index (χ2v) is 4.20. The molecule has 4 nitrogen and oxygen atoms in total. The summed E-state index contributed by atoms with van der Waals surface area (Å²) in [5.74, 6) is -0.563. The van der Waals surface area contributed by atoms with E-state index in [0.717, 1.165) is 0 Å². The van der Waals surface area contributed by atoms with Crippen molar-refractivity contribution in [1.29, 1.82) is 0 Å². The van der Waals surface area contributed by atoms with Gasteiger partial charge in [-0.05, 0) is 24.1 Å². The Morgan fingerprint density at radius 3 is 2.80 bits per heavy atom. The van der Waals surface area contributed by atoms with E-state index in [1.807, 2.05) is 0 Å². The molecule has 0 aromatic heterocycles. The third kappa shape index (κ3) is 1.70. The van der Waals surface area contributed by atoms with Gasteiger partial charge in [-0.3, -0.25) is 10.0 Å². The molecule has 0 aliphatic carbocycles. The van der Waals surface area contributed by atoms with Crippen molar-refractivity contribution in [3.8, 4) is 0 Å². The number of halogens is 2. The molecular formula is C9H8Cl2N2O2. The zero-order chi connectivity index (χ0) is 11.2. The van der Waals surface area contributed by atoms with Gasteiger partial charge in [-0.2, -0.15) is 5.06 Å². The Kier molecular flexibility index (Phi) is 2.60. The van der Waals surface area contributed by atoms with Crippen LogP contribution in [0.5, 0.6) is 0 Å². The Bertz CT molecular complexity index is 436. The summed E-state index contributed by atoms with van der Waals surface area (Å²) in [6.45, 7) is 0. The summed E-state index contributed by atoms with van der Waals surface area (Å²) in [6, 6.07) is 2.35. The standard InChI is InChI=1S/C9H8Cl2N2O2/c10-5-1-4-2-7(12)9(14)13(15)8(4)6(11)3-5/h1,3,7,15H,2,12H2/t7-/m0/s1. The lowest BCUT2D eigenvalue weighted by molar-refractivity contribution is -0.125. The molecule has 1 aliphatic heterocycles. The van der Waals surface area contributed by atoms with E-state index in [9.17, 15) is 10.0 Å². The predicted octanol–water partition coefficient (Wildman–Crippen LogP) is 1.60. The topological polar surface area (TPSA) is 66.6 Å². The zero-order valence-electron chi connectivity index (χ0n) is 7.58. The largest absolute Gasteiger partial charge is 0.320 e. The molecule has 0 radical (unpaired) electrons. The average molecular weight is 247 g/mol. The van der Waals surface area contributed by atoms with Crippen LogP contribution in [-0.2, 0) is 11.2 Å². The summed E-state index contributed by atoms with van der Waals surface area (Å²) in [7, 11) is 0. The number of nitrogens with two attached hydrogens (primary N) is 1. The number of carbonyl (C=O) groups is 1. The molecule has 1 aromatic carbocycles. The Labute approximate surface area is 96.1 Å².